The molecule has 6 nitrogen and oxygen atoms in total. The summed E-state index contributed by atoms with van der Waals surface area (Å²) in [4.78, 5) is 12.6. The number of alkyl halides is 3. The average Bonchev–Trinajstić information content (AvgIpc) is 2.80. The monoisotopic (exact) mass is 448 g/mol. The summed E-state index contributed by atoms with van der Waals surface area (Å²) in [6, 6.07) is 8.52. The molecule has 0 bridgehead atoms. The average molecular weight is 449 g/mol. The van der Waals surface area contributed by atoms with Crippen molar-refractivity contribution in [2.24, 2.45) is 0 Å². The standard InChI is InChI=1S/C18H16ClF3N2O4S/c1-29(26,27)24-8-7-16(28-15-6-5-12(19)10-14(15)24)17(25)23-13-4-2-3-11(9-13)18(20,21)22/h2-6,9-10,16H,7-8H2,1H3,(H,23,25)/t16-/m1/s1. The predicted octanol–water partition coefficient (Wildman–Crippen LogP) is 3.91. The van der Waals surface area contributed by atoms with Crippen LogP contribution in [-0.4, -0.2) is 33.2 Å². The number of amides is 1. The Hall–Kier alpha value is -2.46. The first kappa shape index (κ1) is 21.3. The molecular weight excluding hydrogens is 433 g/mol. The van der Waals surface area contributed by atoms with E-state index in [4.69, 9.17) is 16.3 Å². The Morgan fingerprint density at radius 3 is 2.62 bits per heavy atom. The third-order valence-corrected chi connectivity index (χ3v) is 5.62. The van der Waals surface area contributed by atoms with Gasteiger partial charge in [-0.1, -0.05) is 17.7 Å². The molecular formula is C18H16ClF3N2O4S. The zero-order valence-corrected chi connectivity index (χ0v) is 16.6. The molecule has 0 aliphatic carbocycles. The lowest BCUT2D eigenvalue weighted by Crippen LogP contribution is -2.36. The SMILES string of the molecule is CS(=O)(=O)N1CC[C@H](C(=O)Nc2cccc(C(F)(F)F)c2)Oc2ccc(Cl)cc21. The highest BCUT2D eigenvalue weighted by Crippen LogP contribution is 2.36. The van der Waals surface area contributed by atoms with Crippen molar-refractivity contribution < 1.29 is 31.1 Å². The van der Waals surface area contributed by atoms with Crippen LogP contribution in [0.15, 0.2) is 42.5 Å². The summed E-state index contributed by atoms with van der Waals surface area (Å²) in [5, 5.41) is 2.67. The quantitative estimate of drug-likeness (QED) is 0.772. The molecule has 0 saturated carbocycles. The van der Waals surface area contributed by atoms with Gasteiger partial charge in [-0.05, 0) is 36.4 Å². The number of sulfonamides is 1. The summed E-state index contributed by atoms with van der Waals surface area (Å²) in [5.74, 6) is -0.568. The molecule has 0 unspecified atom stereocenters. The van der Waals surface area contributed by atoms with E-state index in [1.807, 2.05) is 0 Å². The van der Waals surface area contributed by atoms with Crippen molar-refractivity contribution >= 4 is 38.9 Å². The maximum Gasteiger partial charge on any atom is 0.416 e. The van der Waals surface area contributed by atoms with Crippen LogP contribution in [0.4, 0.5) is 24.5 Å². The molecule has 0 saturated heterocycles. The van der Waals surface area contributed by atoms with Crippen LogP contribution in [0.2, 0.25) is 5.02 Å². The van der Waals surface area contributed by atoms with E-state index in [2.05, 4.69) is 5.32 Å². The van der Waals surface area contributed by atoms with E-state index >= 15 is 0 Å². The minimum atomic E-state index is -4.55. The summed E-state index contributed by atoms with van der Waals surface area (Å²) in [7, 11) is -3.67. The van der Waals surface area contributed by atoms with Gasteiger partial charge < -0.3 is 10.1 Å². The number of halogens is 4. The van der Waals surface area contributed by atoms with Crippen molar-refractivity contribution in [3.05, 3.63) is 53.1 Å². The van der Waals surface area contributed by atoms with Gasteiger partial charge in [0.1, 0.15) is 5.75 Å². The molecule has 0 spiro atoms. The Bertz CT molecular complexity index is 1040. The molecule has 2 aromatic carbocycles. The maximum absolute atomic E-state index is 12.9. The molecule has 1 atom stereocenters. The van der Waals surface area contributed by atoms with Crippen LogP contribution in [0.25, 0.3) is 0 Å². The number of benzene rings is 2. The minimum Gasteiger partial charge on any atom is -0.478 e. The molecule has 1 N–H and O–H groups in total. The van der Waals surface area contributed by atoms with Crippen molar-refractivity contribution in [1.82, 2.24) is 0 Å². The zero-order valence-electron chi connectivity index (χ0n) is 15.0. The van der Waals surface area contributed by atoms with Crippen molar-refractivity contribution in [3.8, 4) is 5.75 Å². The molecule has 0 fully saturated rings. The van der Waals surface area contributed by atoms with Crippen LogP contribution in [0, 0.1) is 0 Å². The summed E-state index contributed by atoms with van der Waals surface area (Å²) in [5.41, 5.74) is -0.760. The Morgan fingerprint density at radius 1 is 1.24 bits per heavy atom. The normalized spacial score (nSPS) is 17.1. The highest BCUT2D eigenvalue weighted by Gasteiger charge is 2.33. The van der Waals surface area contributed by atoms with Crippen molar-refractivity contribution in [2.75, 3.05) is 22.4 Å². The van der Waals surface area contributed by atoms with Crippen molar-refractivity contribution in [3.63, 3.8) is 0 Å². The van der Waals surface area contributed by atoms with Gasteiger partial charge >= 0.3 is 6.18 Å². The second-order valence-corrected chi connectivity index (χ2v) is 8.75. The molecule has 3 rings (SSSR count). The molecule has 1 aliphatic rings. The largest absolute Gasteiger partial charge is 0.478 e. The van der Waals surface area contributed by atoms with Crippen LogP contribution in [0.1, 0.15) is 12.0 Å². The van der Waals surface area contributed by atoms with Crippen LogP contribution >= 0.6 is 11.6 Å². The van der Waals surface area contributed by atoms with Crippen molar-refractivity contribution in [2.45, 2.75) is 18.7 Å². The Morgan fingerprint density at radius 2 is 1.97 bits per heavy atom. The van der Waals surface area contributed by atoms with Crippen molar-refractivity contribution in [1.29, 1.82) is 0 Å². The predicted molar refractivity (Wildman–Crippen MR) is 103 cm³/mol. The van der Waals surface area contributed by atoms with E-state index < -0.39 is 33.8 Å². The highest BCUT2D eigenvalue weighted by atomic mass is 35.5. The number of carbonyl (C=O) groups is 1. The molecule has 0 aromatic heterocycles. The number of rotatable bonds is 3. The van der Waals surface area contributed by atoms with Crippen LogP contribution < -0.4 is 14.4 Å². The minimum absolute atomic E-state index is 0.00976. The number of ether oxygens (including phenoxy) is 1. The third kappa shape index (κ3) is 4.94. The van der Waals surface area contributed by atoms with Gasteiger partial charge in [0, 0.05) is 23.7 Å². The Labute approximate surface area is 170 Å². The number of carbonyl (C=O) groups excluding carboxylic acids is 1. The first-order valence-electron chi connectivity index (χ1n) is 8.37. The number of fused-ring (bicyclic) bond motifs is 1. The zero-order chi connectivity index (χ0) is 21.4. The van der Waals surface area contributed by atoms with Gasteiger partial charge in [0.15, 0.2) is 6.10 Å². The van der Waals surface area contributed by atoms with Gasteiger partial charge in [0.05, 0.1) is 17.5 Å². The Kier molecular flexibility index (Phi) is 5.68. The first-order chi connectivity index (χ1) is 13.4. The highest BCUT2D eigenvalue weighted by molar-refractivity contribution is 7.92. The number of hydrogen-bond acceptors (Lipinski definition) is 4. The van der Waals surface area contributed by atoms with E-state index in [9.17, 15) is 26.4 Å². The topological polar surface area (TPSA) is 75.7 Å². The molecule has 11 heteroatoms. The summed E-state index contributed by atoms with van der Waals surface area (Å²) in [6.45, 7) is -0.0626. The smallest absolute Gasteiger partial charge is 0.416 e. The molecule has 156 valence electrons. The number of anilines is 2. The summed E-state index contributed by atoms with van der Waals surface area (Å²) < 4.78 is 69.6. The van der Waals surface area contributed by atoms with Gasteiger partial charge in [-0.25, -0.2) is 8.42 Å². The lowest BCUT2D eigenvalue weighted by atomic mass is 10.2. The lowest BCUT2D eigenvalue weighted by molar-refractivity contribution is -0.137. The van der Waals surface area contributed by atoms with E-state index in [1.54, 1.807) is 0 Å². The van der Waals surface area contributed by atoms with Crippen LogP contribution in [0.5, 0.6) is 5.75 Å². The third-order valence-electron chi connectivity index (χ3n) is 4.20. The number of hydrogen-bond donors (Lipinski definition) is 1. The second-order valence-electron chi connectivity index (χ2n) is 6.41. The number of nitrogens with one attached hydrogen (secondary N) is 1. The van der Waals surface area contributed by atoms with Crippen LogP contribution in [0.3, 0.4) is 0 Å². The fourth-order valence-corrected chi connectivity index (χ4v) is 3.98. The number of nitrogens with zero attached hydrogens (tertiary/aromatic N) is 1. The Balaban J connectivity index is 1.85. The molecule has 29 heavy (non-hydrogen) atoms. The van der Waals surface area contributed by atoms with E-state index in [0.29, 0.717) is 0 Å². The molecule has 1 amide bonds. The van der Waals surface area contributed by atoms with Gasteiger partial charge in [0.25, 0.3) is 5.91 Å². The van der Waals surface area contributed by atoms with E-state index in [1.165, 1.54) is 30.3 Å². The van der Waals surface area contributed by atoms with Crippen LogP contribution in [-0.2, 0) is 21.0 Å². The van der Waals surface area contributed by atoms with Gasteiger partial charge in [-0.3, -0.25) is 9.10 Å². The fraction of sp³-hybridized carbons (Fsp3) is 0.278. The second kappa shape index (κ2) is 7.75. The molecule has 2 aromatic rings. The fourth-order valence-electron chi connectivity index (χ4n) is 2.88. The van der Waals surface area contributed by atoms with Gasteiger partial charge in [0.2, 0.25) is 10.0 Å². The lowest BCUT2D eigenvalue weighted by Gasteiger charge is -2.21. The maximum atomic E-state index is 12.9. The molecule has 1 aliphatic heterocycles. The summed E-state index contributed by atoms with van der Waals surface area (Å²) in [6.07, 6.45) is -4.66. The first-order valence-corrected chi connectivity index (χ1v) is 10.6. The van der Waals surface area contributed by atoms with Gasteiger partial charge in [-0.2, -0.15) is 13.2 Å². The molecule has 1 heterocycles. The van der Waals surface area contributed by atoms with Gasteiger partial charge in [-0.15, -0.1) is 0 Å². The van der Waals surface area contributed by atoms with E-state index in [0.717, 1.165) is 22.7 Å². The summed E-state index contributed by atoms with van der Waals surface area (Å²) >= 11 is 5.95. The molecule has 0 radical (unpaired) electrons. The van der Waals surface area contributed by atoms with E-state index in [-0.39, 0.29) is 35.1 Å².